The molecule has 1 amide bonds. The van der Waals surface area contributed by atoms with Gasteiger partial charge in [0.25, 0.3) is 0 Å². The molecule has 0 atom stereocenters. The lowest BCUT2D eigenvalue weighted by Crippen LogP contribution is -2.47. The van der Waals surface area contributed by atoms with Crippen molar-refractivity contribution in [3.05, 3.63) is 30.1 Å². The van der Waals surface area contributed by atoms with E-state index in [2.05, 4.69) is 9.46 Å². The molecule has 1 N–H and O–H groups in total. The zero-order chi connectivity index (χ0) is 19.4. The maximum atomic E-state index is 12.9. The van der Waals surface area contributed by atoms with Crippen molar-refractivity contribution in [3.8, 4) is 0 Å². The third-order valence-electron chi connectivity index (χ3n) is 3.78. The van der Waals surface area contributed by atoms with E-state index in [1.54, 1.807) is 0 Å². The first-order valence-electron chi connectivity index (χ1n) is 7.77. The lowest BCUT2D eigenvalue weighted by Gasteiger charge is -2.32. The molecule has 1 heterocycles. The van der Waals surface area contributed by atoms with Crippen molar-refractivity contribution in [2.45, 2.75) is 30.0 Å². The molecule has 1 aromatic carbocycles. The Morgan fingerprint density at radius 2 is 1.77 bits per heavy atom. The number of alkyl halides is 3. The Morgan fingerprint density at radius 1 is 1.19 bits per heavy atom. The van der Waals surface area contributed by atoms with Crippen molar-refractivity contribution >= 4 is 15.9 Å². The molecular formula is C15H18F4N2O4S. The summed E-state index contributed by atoms with van der Waals surface area (Å²) in [5.74, 6) is -1.13. The molecule has 146 valence electrons. The maximum Gasteiger partial charge on any atom is 0.411 e. The van der Waals surface area contributed by atoms with Crippen LogP contribution in [0.2, 0.25) is 0 Å². The van der Waals surface area contributed by atoms with Crippen LogP contribution in [0.15, 0.2) is 29.2 Å². The lowest BCUT2D eigenvalue weighted by molar-refractivity contribution is -0.178. The van der Waals surface area contributed by atoms with Gasteiger partial charge < -0.3 is 9.64 Å². The highest BCUT2D eigenvalue weighted by molar-refractivity contribution is 7.89. The molecule has 26 heavy (non-hydrogen) atoms. The van der Waals surface area contributed by atoms with Crippen molar-refractivity contribution in [1.82, 2.24) is 9.62 Å². The summed E-state index contributed by atoms with van der Waals surface area (Å²) >= 11 is 0. The van der Waals surface area contributed by atoms with E-state index in [0.29, 0.717) is 12.8 Å². The van der Waals surface area contributed by atoms with Crippen LogP contribution in [0.1, 0.15) is 12.8 Å². The molecule has 6 nitrogen and oxygen atoms in total. The summed E-state index contributed by atoms with van der Waals surface area (Å²) in [7, 11) is -3.81. The highest BCUT2D eigenvalue weighted by Crippen LogP contribution is 2.17. The number of carbonyl (C=O) groups excluding carboxylic acids is 1. The van der Waals surface area contributed by atoms with Crippen molar-refractivity contribution in [2.24, 2.45) is 0 Å². The largest absolute Gasteiger partial charge is 0.411 e. The zero-order valence-electron chi connectivity index (χ0n) is 13.6. The molecule has 1 fully saturated rings. The van der Waals surface area contributed by atoms with E-state index in [9.17, 15) is 30.8 Å². The molecule has 1 aliphatic rings. The van der Waals surface area contributed by atoms with Crippen molar-refractivity contribution in [1.29, 1.82) is 0 Å². The number of carbonyl (C=O) groups is 1. The molecular weight excluding hydrogens is 380 g/mol. The molecule has 0 spiro atoms. The Labute approximate surface area is 148 Å². The minimum absolute atomic E-state index is 0.0713. The molecule has 0 aliphatic carbocycles. The SMILES string of the molecule is O=C(COCC(F)(F)F)N1CCC(NS(=O)(=O)c2ccc(F)cc2)CC1. The standard InChI is InChI=1S/C15H18F4N2O4S/c16-11-1-3-13(4-2-11)26(23,24)20-12-5-7-21(8-6-12)14(22)9-25-10-15(17,18)19/h1-4,12,20H,5-10H2. The Bertz CT molecular complexity index is 714. The van der Waals surface area contributed by atoms with Gasteiger partial charge >= 0.3 is 6.18 Å². The number of hydrogen-bond donors (Lipinski definition) is 1. The number of nitrogens with one attached hydrogen (secondary N) is 1. The van der Waals surface area contributed by atoms with Gasteiger partial charge in [0.05, 0.1) is 4.90 Å². The highest BCUT2D eigenvalue weighted by Gasteiger charge is 2.30. The molecule has 0 bridgehead atoms. The summed E-state index contributed by atoms with van der Waals surface area (Å²) in [5.41, 5.74) is 0. The number of amides is 1. The van der Waals surface area contributed by atoms with E-state index < -0.39 is 47.2 Å². The predicted molar refractivity (Wildman–Crippen MR) is 83.2 cm³/mol. The molecule has 1 aromatic rings. The summed E-state index contributed by atoms with van der Waals surface area (Å²) in [6.07, 6.45) is -3.87. The van der Waals surface area contributed by atoms with Crippen LogP contribution in [0.3, 0.4) is 0 Å². The van der Waals surface area contributed by atoms with E-state index in [-0.39, 0.29) is 18.0 Å². The van der Waals surface area contributed by atoms with E-state index in [1.165, 1.54) is 4.90 Å². The summed E-state index contributed by atoms with van der Waals surface area (Å²) in [6.45, 7) is -1.77. The first kappa shape index (κ1) is 20.6. The summed E-state index contributed by atoms with van der Waals surface area (Å²) < 4.78 is 80.1. The Kier molecular flexibility index (Phi) is 6.58. The molecule has 0 unspecified atom stereocenters. The van der Waals surface area contributed by atoms with Gasteiger partial charge in [-0.15, -0.1) is 0 Å². The monoisotopic (exact) mass is 398 g/mol. The van der Waals surface area contributed by atoms with Gasteiger partial charge in [0.1, 0.15) is 19.0 Å². The number of nitrogens with zero attached hydrogens (tertiary/aromatic N) is 1. The molecule has 1 saturated heterocycles. The number of hydrogen-bond acceptors (Lipinski definition) is 4. The van der Waals surface area contributed by atoms with Gasteiger partial charge in [-0.1, -0.05) is 0 Å². The molecule has 0 radical (unpaired) electrons. The number of ether oxygens (including phenoxy) is 1. The fraction of sp³-hybridized carbons (Fsp3) is 0.533. The number of halogens is 4. The summed E-state index contributed by atoms with van der Waals surface area (Å²) in [6, 6.07) is 3.95. The number of benzene rings is 1. The average Bonchev–Trinajstić information content (AvgIpc) is 2.54. The van der Waals surface area contributed by atoms with Crippen molar-refractivity contribution < 1.29 is 35.5 Å². The van der Waals surface area contributed by atoms with Crippen LogP contribution in [0.4, 0.5) is 17.6 Å². The molecule has 1 aliphatic heterocycles. The summed E-state index contributed by atoms with van der Waals surface area (Å²) in [5, 5.41) is 0. The van der Waals surface area contributed by atoms with E-state index >= 15 is 0 Å². The first-order chi connectivity index (χ1) is 12.1. The second-order valence-electron chi connectivity index (χ2n) is 5.84. The molecule has 2 rings (SSSR count). The molecule has 0 aromatic heterocycles. The topological polar surface area (TPSA) is 75.7 Å². The zero-order valence-corrected chi connectivity index (χ0v) is 14.4. The predicted octanol–water partition coefficient (Wildman–Crippen LogP) is 1.67. The molecule has 11 heteroatoms. The van der Waals surface area contributed by atoms with Gasteiger partial charge in [-0.05, 0) is 37.1 Å². The molecule has 0 saturated carbocycles. The Morgan fingerprint density at radius 3 is 2.31 bits per heavy atom. The number of sulfonamides is 1. The Hall–Kier alpha value is -1.72. The van der Waals surface area contributed by atoms with Crippen LogP contribution >= 0.6 is 0 Å². The normalized spacial score (nSPS) is 16.7. The third-order valence-corrected chi connectivity index (χ3v) is 5.32. The van der Waals surface area contributed by atoms with Crippen LogP contribution in [0, 0.1) is 5.82 Å². The third kappa shape index (κ3) is 6.22. The van der Waals surface area contributed by atoms with Crippen LogP contribution in [0.25, 0.3) is 0 Å². The van der Waals surface area contributed by atoms with Gasteiger partial charge in [0.15, 0.2) is 0 Å². The number of likely N-dealkylation sites (tertiary alicyclic amines) is 1. The van der Waals surface area contributed by atoms with E-state index in [4.69, 9.17) is 0 Å². The maximum absolute atomic E-state index is 12.9. The van der Waals surface area contributed by atoms with Crippen molar-refractivity contribution in [2.75, 3.05) is 26.3 Å². The number of piperidine rings is 1. The smallest absolute Gasteiger partial charge is 0.362 e. The fourth-order valence-electron chi connectivity index (χ4n) is 2.49. The van der Waals surface area contributed by atoms with Crippen LogP contribution in [0.5, 0.6) is 0 Å². The van der Waals surface area contributed by atoms with E-state index in [1.807, 2.05) is 0 Å². The first-order valence-corrected chi connectivity index (χ1v) is 9.25. The highest BCUT2D eigenvalue weighted by atomic mass is 32.2. The second-order valence-corrected chi connectivity index (χ2v) is 7.55. The van der Waals surface area contributed by atoms with Gasteiger partial charge in [0.2, 0.25) is 15.9 Å². The lowest BCUT2D eigenvalue weighted by atomic mass is 10.1. The Balaban J connectivity index is 1.81. The second kappa shape index (κ2) is 8.31. The van der Waals surface area contributed by atoms with Gasteiger partial charge in [-0.25, -0.2) is 17.5 Å². The minimum atomic E-state index is -4.49. The minimum Gasteiger partial charge on any atom is -0.362 e. The van der Waals surface area contributed by atoms with Crippen LogP contribution in [-0.2, 0) is 19.6 Å². The van der Waals surface area contributed by atoms with Crippen molar-refractivity contribution in [3.63, 3.8) is 0 Å². The van der Waals surface area contributed by atoms with Crippen LogP contribution < -0.4 is 4.72 Å². The fourth-order valence-corrected chi connectivity index (χ4v) is 3.80. The van der Waals surface area contributed by atoms with Crippen LogP contribution in [-0.4, -0.2) is 57.7 Å². The van der Waals surface area contributed by atoms with Gasteiger partial charge in [-0.3, -0.25) is 4.79 Å². The number of rotatable bonds is 6. The summed E-state index contributed by atoms with van der Waals surface area (Å²) in [4.78, 5) is 13.0. The van der Waals surface area contributed by atoms with E-state index in [0.717, 1.165) is 24.3 Å². The quantitative estimate of drug-likeness (QED) is 0.740. The van der Waals surface area contributed by atoms with Gasteiger partial charge in [-0.2, -0.15) is 13.2 Å². The average molecular weight is 398 g/mol. The van der Waals surface area contributed by atoms with Gasteiger partial charge in [0, 0.05) is 19.1 Å².